The second-order valence-electron chi connectivity index (χ2n) is 3.19. The highest BCUT2D eigenvalue weighted by Gasteiger charge is 2.15. The average Bonchev–Trinajstić information content (AvgIpc) is 2.15. The lowest BCUT2D eigenvalue weighted by Gasteiger charge is -2.09. The van der Waals surface area contributed by atoms with E-state index >= 15 is 0 Å². The molecule has 1 rings (SSSR count). The van der Waals surface area contributed by atoms with Crippen LogP contribution in [0.2, 0.25) is 5.02 Å². The number of aliphatic carboxylic acids is 1. The van der Waals surface area contributed by atoms with Gasteiger partial charge in [-0.3, -0.25) is 9.59 Å². The molecule has 0 aliphatic heterocycles. The second kappa shape index (κ2) is 5.32. The molecule has 6 heteroatoms. The highest BCUT2D eigenvalue weighted by Crippen LogP contribution is 2.19. The van der Waals surface area contributed by atoms with Crippen molar-refractivity contribution in [2.75, 3.05) is 0 Å². The fourth-order valence-corrected chi connectivity index (χ4v) is 1.89. The molecular weight excluding hydrogens is 297 g/mol. The molecule has 2 N–H and O–H groups in total. The molecule has 86 valence electrons. The number of carbonyl (C=O) groups is 2. The molecule has 0 aliphatic rings. The third-order valence-electron chi connectivity index (χ3n) is 1.84. The summed E-state index contributed by atoms with van der Waals surface area (Å²) in [5.74, 6) is -1.56. The summed E-state index contributed by atoms with van der Waals surface area (Å²) < 4.78 is 0.660. The summed E-state index contributed by atoms with van der Waals surface area (Å²) in [7, 11) is 0. The summed E-state index contributed by atoms with van der Waals surface area (Å²) in [6.07, 6.45) is 0. The molecule has 0 fully saturated rings. The number of amides is 1. The van der Waals surface area contributed by atoms with Crippen LogP contribution in [-0.2, 0) is 4.79 Å². The van der Waals surface area contributed by atoms with E-state index in [4.69, 9.17) is 16.7 Å². The number of halogens is 2. The van der Waals surface area contributed by atoms with Gasteiger partial charge in [0.05, 0.1) is 0 Å². The van der Waals surface area contributed by atoms with E-state index in [9.17, 15) is 9.59 Å². The average molecular weight is 307 g/mol. The van der Waals surface area contributed by atoms with Gasteiger partial charge in [0.15, 0.2) is 0 Å². The number of nitrogens with one attached hydrogen (secondary N) is 1. The van der Waals surface area contributed by atoms with E-state index in [1.807, 2.05) is 0 Å². The summed E-state index contributed by atoms with van der Waals surface area (Å²) in [4.78, 5) is 22.2. The van der Waals surface area contributed by atoms with Gasteiger partial charge in [-0.2, -0.15) is 0 Å². The lowest BCUT2D eigenvalue weighted by atomic mass is 10.2. The highest BCUT2D eigenvalue weighted by molar-refractivity contribution is 9.10. The van der Waals surface area contributed by atoms with Gasteiger partial charge in [0.1, 0.15) is 6.04 Å². The van der Waals surface area contributed by atoms with Gasteiger partial charge in [0.2, 0.25) is 0 Å². The number of hydrogen-bond donors (Lipinski definition) is 2. The zero-order valence-corrected chi connectivity index (χ0v) is 10.7. The van der Waals surface area contributed by atoms with Crippen molar-refractivity contribution in [2.24, 2.45) is 0 Å². The predicted octanol–water partition coefficient (Wildman–Crippen LogP) is 2.31. The van der Waals surface area contributed by atoms with Gasteiger partial charge in [0, 0.05) is 15.1 Å². The van der Waals surface area contributed by atoms with Crippen molar-refractivity contribution in [3.63, 3.8) is 0 Å². The van der Waals surface area contributed by atoms with E-state index < -0.39 is 17.9 Å². The molecule has 1 amide bonds. The van der Waals surface area contributed by atoms with Gasteiger partial charge in [-0.05, 0) is 25.1 Å². The Morgan fingerprint density at radius 1 is 1.44 bits per heavy atom. The minimum atomic E-state index is -1.09. The molecule has 1 aromatic rings. The van der Waals surface area contributed by atoms with Crippen LogP contribution in [-0.4, -0.2) is 23.0 Å². The summed E-state index contributed by atoms with van der Waals surface area (Å²) in [6.45, 7) is 1.39. The van der Waals surface area contributed by atoms with Crippen molar-refractivity contribution in [2.45, 2.75) is 13.0 Å². The Hall–Kier alpha value is -1.07. The SMILES string of the molecule is C[C@H](NC(=O)c1cc(Cl)cc(Br)c1)C(=O)O. The number of hydrogen-bond acceptors (Lipinski definition) is 2. The van der Waals surface area contributed by atoms with Crippen LogP contribution in [0.5, 0.6) is 0 Å². The summed E-state index contributed by atoms with van der Waals surface area (Å²) in [6, 6.07) is 3.73. The molecule has 0 saturated carbocycles. The van der Waals surface area contributed by atoms with Crippen LogP contribution in [0, 0.1) is 0 Å². The Balaban J connectivity index is 2.84. The largest absolute Gasteiger partial charge is 0.480 e. The molecule has 4 nitrogen and oxygen atoms in total. The van der Waals surface area contributed by atoms with E-state index in [-0.39, 0.29) is 0 Å². The van der Waals surface area contributed by atoms with Crippen LogP contribution < -0.4 is 5.32 Å². The molecule has 0 saturated heterocycles. The number of carbonyl (C=O) groups excluding carboxylic acids is 1. The maximum Gasteiger partial charge on any atom is 0.325 e. The number of carboxylic acid groups (broad SMARTS) is 1. The normalized spacial score (nSPS) is 11.9. The molecular formula is C10H9BrClNO3. The summed E-state index contributed by atoms with van der Waals surface area (Å²) in [5, 5.41) is 11.4. The van der Waals surface area contributed by atoms with E-state index in [0.29, 0.717) is 15.1 Å². The monoisotopic (exact) mass is 305 g/mol. The van der Waals surface area contributed by atoms with Crippen molar-refractivity contribution >= 4 is 39.4 Å². The van der Waals surface area contributed by atoms with Crippen LogP contribution >= 0.6 is 27.5 Å². The Morgan fingerprint density at radius 3 is 2.56 bits per heavy atom. The van der Waals surface area contributed by atoms with Crippen LogP contribution in [0.25, 0.3) is 0 Å². The van der Waals surface area contributed by atoms with Crippen molar-refractivity contribution in [3.05, 3.63) is 33.3 Å². The molecule has 16 heavy (non-hydrogen) atoms. The highest BCUT2D eigenvalue weighted by atomic mass is 79.9. The lowest BCUT2D eigenvalue weighted by molar-refractivity contribution is -0.138. The first kappa shape index (κ1) is 13.0. The molecule has 0 aromatic heterocycles. The number of rotatable bonds is 3. The fourth-order valence-electron chi connectivity index (χ4n) is 1.03. The van der Waals surface area contributed by atoms with Crippen LogP contribution in [0.15, 0.2) is 22.7 Å². The third-order valence-corrected chi connectivity index (χ3v) is 2.52. The molecule has 0 radical (unpaired) electrons. The maximum absolute atomic E-state index is 11.6. The smallest absolute Gasteiger partial charge is 0.325 e. The van der Waals surface area contributed by atoms with Crippen molar-refractivity contribution in [3.8, 4) is 0 Å². The molecule has 1 atom stereocenters. The maximum atomic E-state index is 11.6. The second-order valence-corrected chi connectivity index (χ2v) is 4.54. The van der Waals surface area contributed by atoms with E-state index in [0.717, 1.165) is 0 Å². The predicted molar refractivity (Wildman–Crippen MR) is 63.7 cm³/mol. The molecule has 0 bridgehead atoms. The number of benzene rings is 1. The van der Waals surface area contributed by atoms with Crippen LogP contribution in [0.1, 0.15) is 17.3 Å². The molecule has 0 aliphatic carbocycles. The van der Waals surface area contributed by atoms with E-state index in [1.54, 1.807) is 12.1 Å². The van der Waals surface area contributed by atoms with Gasteiger partial charge in [-0.15, -0.1) is 0 Å². The Labute approximate surface area is 106 Å². The topological polar surface area (TPSA) is 66.4 Å². The minimum absolute atomic E-state index is 0.312. The number of carboxylic acids is 1. The Bertz CT molecular complexity index is 416. The minimum Gasteiger partial charge on any atom is -0.480 e. The molecule has 1 aromatic carbocycles. The zero-order chi connectivity index (χ0) is 12.3. The quantitative estimate of drug-likeness (QED) is 0.900. The summed E-state index contributed by atoms with van der Waals surface area (Å²) in [5.41, 5.74) is 0.312. The van der Waals surface area contributed by atoms with Crippen LogP contribution in [0.4, 0.5) is 0 Å². The Morgan fingerprint density at radius 2 is 2.06 bits per heavy atom. The van der Waals surface area contributed by atoms with E-state index in [1.165, 1.54) is 13.0 Å². The Kier molecular flexibility index (Phi) is 4.32. The standard InChI is InChI=1S/C10H9BrClNO3/c1-5(10(15)16)13-9(14)6-2-7(11)4-8(12)3-6/h2-5H,1H3,(H,13,14)(H,15,16)/t5-/m0/s1. The first-order valence-corrected chi connectivity index (χ1v) is 5.57. The van der Waals surface area contributed by atoms with Gasteiger partial charge >= 0.3 is 5.97 Å². The third kappa shape index (κ3) is 3.50. The van der Waals surface area contributed by atoms with Crippen molar-refractivity contribution in [1.82, 2.24) is 5.32 Å². The van der Waals surface area contributed by atoms with Gasteiger partial charge in [-0.25, -0.2) is 0 Å². The molecule has 0 unspecified atom stereocenters. The molecule has 0 spiro atoms. The lowest BCUT2D eigenvalue weighted by Crippen LogP contribution is -2.38. The first-order valence-electron chi connectivity index (χ1n) is 4.40. The van der Waals surface area contributed by atoms with Gasteiger partial charge in [0.25, 0.3) is 5.91 Å². The van der Waals surface area contributed by atoms with Gasteiger partial charge in [-0.1, -0.05) is 27.5 Å². The van der Waals surface area contributed by atoms with Crippen molar-refractivity contribution < 1.29 is 14.7 Å². The van der Waals surface area contributed by atoms with Crippen LogP contribution in [0.3, 0.4) is 0 Å². The van der Waals surface area contributed by atoms with E-state index in [2.05, 4.69) is 21.2 Å². The van der Waals surface area contributed by atoms with Crippen molar-refractivity contribution in [1.29, 1.82) is 0 Å². The summed E-state index contributed by atoms with van der Waals surface area (Å²) >= 11 is 8.96. The fraction of sp³-hybridized carbons (Fsp3) is 0.200. The zero-order valence-electron chi connectivity index (χ0n) is 8.33. The first-order chi connectivity index (χ1) is 7.40. The van der Waals surface area contributed by atoms with Gasteiger partial charge < -0.3 is 10.4 Å². The molecule has 0 heterocycles.